The monoisotopic (exact) mass is 704 g/mol. The van der Waals surface area contributed by atoms with Crippen LogP contribution in [0.1, 0.15) is 29.9 Å². The zero-order valence-corrected chi connectivity index (χ0v) is 27.7. The largest absolute Gasteiger partial charge is 0.508 e. The zero-order valence-electron chi connectivity index (χ0n) is 26.2. The highest BCUT2D eigenvalue weighted by molar-refractivity contribution is 6.36. The van der Waals surface area contributed by atoms with Gasteiger partial charge < -0.3 is 20.3 Å². The average molecular weight is 706 g/mol. The van der Waals surface area contributed by atoms with Crippen LogP contribution in [0, 0.1) is 23.7 Å². The number of imide groups is 4. The number of rotatable bonds is 6. The fraction of sp³-hybridized carbons (Fsp3) is 0.286. The van der Waals surface area contributed by atoms with Gasteiger partial charge in [-0.2, -0.15) is 9.91 Å². The molecule has 2 saturated heterocycles. The molecule has 14 heteroatoms. The van der Waals surface area contributed by atoms with E-state index in [-0.39, 0.29) is 34.9 Å². The minimum Gasteiger partial charge on any atom is -0.508 e. The zero-order chi connectivity index (χ0) is 34.9. The number of carbonyl (C=O) groups excluding carboxylic acids is 5. The molecule has 2 aliphatic carbocycles. The fourth-order valence-electron chi connectivity index (χ4n) is 8.30. The quantitative estimate of drug-likeness (QED) is 0.242. The van der Waals surface area contributed by atoms with Crippen molar-refractivity contribution >= 4 is 58.5 Å². The number of urea groups is 1. The van der Waals surface area contributed by atoms with Gasteiger partial charge in [0.1, 0.15) is 17.2 Å². The lowest BCUT2D eigenvalue weighted by atomic mass is 9.49. The summed E-state index contributed by atoms with van der Waals surface area (Å²) in [5.41, 5.74) is 8.21. The van der Waals surface area contributed by atoms with E-state index in [1.54, 1.807) is 48.5 Å². The van der Waals surface area contributed by atoms with Crippen molar-refractivity contribution in [3.8, 4) is 17.2 Å². The third kappa shape index (κ3) is 4.68. The highest BCUT2D eigenvalue weighted by Crippen LogP contribution is 2.65. The Bertz CT molecular complexity index is 1980. The Hall–Kier alpha value is -5.07. The molecule has 0 spiro atoms. The molecule has 3 aromatic carbocycles. The van der Waals surface area contributed by atoms with Gasteiger partial charge in [0, 0.05) is 16.5 Å². The summed E-state index contributed by atoms with van der Waals surface area (Å²) >= 11 is 12.6. The van der Waals surface area contributed by atoms with Crippen LogP contribution in [0.5, 0.6) is 17.2 Å². The molecule has 0 bridgehead atoms. The normalized spacial score (nSPS) is 27.3. The molecule has 252 valence electrons. The topological polar surface area (TPSA) is 169 Å². The molecule has 6 amide bonds. The SMILES string of the molecule is COc1ccc(C23C(=O)N(Nc4ccc(Cl)cc4Cl)C(=O)C2CC2C(=CCC4C(=O)N(C(N)=O)C(=O)C42)C3c2cc(OC)ccc2O)cc1. The number of nitrogens with two attached hydrogens (primary N) is 1. The summed E-state index contributed by atoms with van der Waals surface area (Å²) in [7, 11) is 2.96. The second-order valence-corrected chi connectivity index (χ2v) is 13.3. The van der Waals surface area contributed by atoms with Crippen molar-refractivity contribution in [1.29, 1.82) is 0 Å². The number of likely N-dealkylation sites (tertiary alicyclic amines) is 1. The summed E-state index contributed by atoms with van der Waals surface area (Å²) in [5.74, 6) is -6.90. The van der Waals surface area contributed by atoms with Gasteiger partial charge in [0.25, 0.3) is 11.8 Å². The Morgan fingerprint density at radius 2 is 1.61 bits per heavy atom. The molecule has 1 saturated carbocycles. The average Bonchev–Trinajstić information content (AvgIpc) is 3.47. The van der Waals surface area contributed by atoms with Crippen molar-refractivity contribution in [1.82, 2.24) is 9.91 Å². The Morgan fingerprint density at radius 1 is 0.918 bits per heavy atom. The standard InChI is InChI=1S/C35H30Cl2N4O8/c1-48-18-6-3-16(4-7-18)35-24(31(44)41(33(35)46)39-26-11-5-17(36)13-25(26)37)15-22-20(29(35)23-14-19(49-2)8-12-27(23)42)9-10-21-28(22)32(45)40(30(21)43)34(38)47/h3-9,11-14,21-22,24,28-29,39,42H,10,15H2,1-2H3,(H2,38,47). The van der Waals surface area contributed by atoms with Crippen LogP contribution >= 0.6 is 23.2 Å². The first-order chi connectivity index (χ1) is 23.4. The van der Waals surface area contributed by atoms with Crippen molar-refractivity contribution < 1.29 is 38.6 Å². The van der Waals surface area contributed by atoms with Crippen molar-refractivity contribution in [2.24, 2.45) is 29.4 Å². The van der Waals surface area contributed by atoms with Crippen LogP contribution in [-0.2, 0) is 24.6 Å². The first kappa shape index (κ1) is 32.5. The van der Waals surface area contributed by atoms with E-state index in [4.69, 9.17) is 38.4 Å². The van der Waals surface area contributed by atoms with Crippen molar-refractivity contribution in [3.05, 3.63) is 93.5 Å². The van der Waals surface area contributed by atoms with Crippen molar-refractivity contribution in [2.75, 3.05) is 19.6 Å². The number of allylic oxidation sites excluding steroid dienone is 2. The lowest BCUT2D eigenvalue weighted by Crippen LogP contribution is -2.53. The van der Waals surface area contributed by atoms with Gasteiger partial charge in [0.05, 0.1) is 48.1 Å². The second kappa shape index (κ2) is 11.8. The molecule has 3 aromatic rings. The predicted molar refractivity (Wildman–Crippen MR) is 177 cm³/mol. The molecule has 2 heterocycles. The van der Waals surface area contributed by atoms with E-state index in [0.717, 1.165) is 5.01 Å². The van der Waals surface area contributed by atoms with Crippen LogP contribution in [-0.4, -0.2) is 58.9 Å². The number of aromatic hydroxyl groups is 1. The van der Waals surface area contributed by atoms with E-state index in [0.29, 0.717) is 32.6 Å². The maximum absolute atomic E-state index is 15.2. The molecule has 12 nitrogen and oxygen atoms in total. The maximum atomic E-state index is 15.2. The summed E-state index contributed by atoms with van der Waals surface area (Å²) in [5, 5.41) is 12.9. The number of nitrogens with one attached hydrogen (secondary N) is 1. The maximum Gasteiger partial charge on any atom is 0.328 e. The highest BCUT2D eigenvalue weighted by Gasteiger charge is 2.71. The minimum absolute atomic E-state index is 0.0387. The van der Waals surface area contributed by atoms with E-state index in [2.05, 4.69) is 5.43 Å². The van der Waals surface area contributed by atoms with E-state index < -0.39 is 64.7 Å². The van der Waals surface area contributed by atoms with Crippen molar-refractivity contribution in [3.63, 3.8) is 0 Å². The molecule has 3 fully saturated rings. The first-order valence-corrected chi connectivity index (χ1v) is 16.2. The lowest BCUT2D eigenvalue weighted by molar-refractivity contribution is -0.139. The van der Waals surface area contributed by atoms with Gasteiger partial charge in [-0.3, -0.25) is 24.6 Å². The third-order valence-electron chi connectivity index (χ3n) is 10.3. The summed E-state index contributed by atoms with van der Waals surface area (Å²) in [6, 6.07) is 14.7. The van der Waals surface area contributed by atoms with Gasteiger partial charge in [-0.15, -0.1) is 0 Å². The van der Waals surface area contributed by atoms with Crippen LogP contribution in [0.15, 0.2) is 72.3 Å². The number of phenols is 1. The van der Waals surface area contributed by atoms with Gasteiger partial charge in [-0.05, 0) is 72.9 Å². The van der Waals surface area contributed by atoms with Gasteiger partial charge in [-0.25, -0.2) is 4.79 Å². The molecule has 0 radical (unpaired) electrons. The van der Waals surface area contributed by atoms with Gasteiger partial charge in [-0.1, -0.05) is 47.0 Å². The first-order valence-electron chi connectivity index (χ1n) is 15.4. The van der Waals surface area contributed by atoms with Crippen molar-refractivity contribution in [2.45, 2.75) is 24.2 Å². The van der Waals surface area contributed by atoms with Gasteiger partial charge in [0.2, 0.25) is 11.8 Å². The van der Waals surface area contributed by atoms with Gasteiger partial charge in [0.15, 0.2) is 0 Å². The number of phenolic OH excluding ortho intramolecular Hbond substituents is 1. The molecule has 2 aliphatic heterocycles. The summed E-state index contributed by atoms with van der Waals surface area (Å²) < 4.78 is 10.9. The summed E-state index contributed by atoms with van der Waals surface area (Å²) in [6.45, 7) is 0. The number of methoxy groups -OCH3 is 2. The van der Waals surface area contributed by atoms with Crippen LogP contribution in [0.25, 0.3) is 0 Å². The second-order valence-electron chi connectivity index (χ2n) is 12.5. The van der Waals surface area contributed by atoms with Crippen LogP contribution in [0.4, 0.5) is 10.5 Å². The van der Waals surface area contributed by atoms with Gasteiger partial charge >= 0.3 is 6.03 Å². The molecule has 49 heavy (non-hydrogen) atoms. The molecule has 6 atom stereocenters. The number of fused-ring (bicyclic) bond motifs is 4. The molecule has 4 N–H and O–H groups in total. The number of amides is 6. The number of primary amides is 1. The van der Waals surface area contributed by atoms with E-state index >= 15 is 4.79 Å². The minimum atomic E-state index is -1.69. The van der Waals surface area contributed by atoms with Crippen LogP contribution in [0.2, 0.25) is 10.0 Å². The van der Waals surface area contributed by atoms with Crippen LogP contribution < -0.4 is 20.6 Å². The predicted octanol–water partition coefficient (Wildman–Crippen LogP) is 4.78. The number of hydrogen-bond acceptors (Lipinski definition) is 9. The fourth-order valence-corrected chi connectivity index (χ4v) is 8.75. The Balaban J connectivity index is 1.49. The lowest BCUT2D eigenvalue weighted by Gasteiger charge is -2.50. The number of benzene rings is 3. The molecule has 4 aliphatic rings. The highest BCUT2D eigenvalue weighted by atomic mass is 35.5. The number of anilines is 1. The molecule has 7 rings (SSSR count). The Labute approximate surface area is 290 Å². The molecule has 0 aromatic heterocycles. The number of hydrogen-bond donors (Lipinski definition) is 3. The van der Waals surface area contributed by atoms with E-state index in [9.17, 15) is 24.3 Å². The number of halogens is 2. The number of carbonyl (C=O) groups is 5. The number of nitrogens with zero attached hydrogens (tertiary/aromatic N) is 2. The number of ether oxygens (including phenoxy) is 2. The smallest absolute Gasteiger partial charge is 0.328 e. The third-order valence-corrected chi connectivity index (χ3v) is 10.9. The Kier molecular flexibility index (Phi) is 7.83. The van der Waals surface area contributed by atoms with Crippen LogP contribution in [0.3, 0.4) is 0 Å². The number of hydrazine groups is 1. The Morgan fingerprint density at radius 3 is 2.27 bits per heavy atom. The molecular weight excluding hydrogens is 675 g/mol. The summed E-state index contributed by atoms with van der Waals surface area (Å²) in [6.07, 6.45) is 1.82. The van der Waals surface area contributed by atoms with E-state index in [1.165, 1.54) is 32.4 Å². The molecule has 6 unspecified atom stereocenters. The summed E-state index contributed by atoms with van der Waals surface area (Å²) in [4.78, 5) is 69.7. The molecular formula is C35H30Cl2N4O8. The van der Waals surface area contributed by atoms with E-state index in [1.807, 2.05) is 0 Å².